The van der Waals surface area contributed by atoms with E-state index in [1.807, 2.05) is 6.08 Å². The molecule has 0 radical (unpaired) electrons. The van der Waals surface area contributed by atoms with E-state index >= 15 is 0 Å². The van der Waals surface area contributed by atoms with Crippen molar-refractivity contribution in [3.8, 4) is 0 Å². The molecule has 0 aromatic heterocycles. The lowest BCUT2D eigenvalue weighted by Crippen LogP contribution is -2.40. The summed E-state index contributed by atoms with van der Waals surface area (Å²) < 4.78 is 113. The Morgan fingerprint density at radius 1 is 0.955 bits per heavy atom. The first-order chi connectivity index (χ1) is 20.7. The molecule has 0 saturated carbocycles. The molecule has 2 aromatic carbocycles. The van der Waals surface area contributed by atoms with Crippen LogP contribution in [0.2, 0.25) is 0 Å². The zero-order valence-electron chi connectivity index (χ0n) is 23.7. The number of fused-ring (bicyclic) bond motifs is 1. The van der Waals surface area contributed by atoms with Crippen LogP contribution in [0.3, 0.4) is 0 Å². The second-order valence-corrected chi connectivity index (χ2v) is 11.7. The summed E-state index contributed by atoms with van der Waals surface area (Å²) in [5, 5.41) is 0. The van der Waals surface area contributed by atoms with Crippen molar-refractivity contribution in [1.82, 2.24) is 4.90 Å². The van der Waals surface area contributed by atoms with Gasteiger partial charge in [-0.05, 0) is 72.4 Å². The SMILES string of the molecule is C[C@@H](O[C@H]1CN2C(=O)C=C(C3=CCC4(CC3)OCCO4)C[C@H]2[C@@H]1c1ccc(F)cc1)c1cc(C(F)(F)F)cc(C(F)(F)F)c1. The van der Waals surface area contributed by atoms with Crippen molar-refractivity contribution in [2.75, 3.05) is 19.8 Å². The summed E-state index contributed by atoms with van der Waals surface area (Å²) in [5.41, 5.74) is -0.667. The predicted octanol–water partition coefficient (Wildman–Crippen LogP) is 7.49. The molecule has 3 heterocycles. The van der Waals surface area contributed by atoms with Crippen molar-refractivity contribution < 1.29 is 49.7 Å². The molecule has 44 heavy (non-hydrogen) atoms. The third-order valence-electron chi connectivity index (χ3n) is 8.98. The number of alkyl halides is 6. The van der Waals surface area contributed by atoms with Crippen LogP contribution in [0.4, 0.5) is 30.7 Å². The van der Waals surface area contributed by atoms with Crippen LogP contribution in [0.15, 0.2) is 65.8 Å². The Balaban J connectivity index is 1.29. The highest BCUT2D eigenvalue weighted by molar-refractivity contribution is 5.91. The van der Waals surface area contributed by atoms with Gasteiger partial charge in [0.25, 0.3) is 0 Å². The molecule has 0 unspecified atom stereocenters. The summed E-state index contributed by atoms with van der Waals surface area (Å²) in [4.78, 5) is 15.0. The zero-order chi connectivity index (χ0) is 31.4. The van der Waals surface area contributed by atoms with Crippen LogP contribution in [-0.4, -0.2) is 48.5 Å². The fraction of sp³-hybridized carbons (Fsp3) is 0.469. The van der Waals surface area contributed by atoms with E-state index in [1.54, 1.807) is 23.1 Å². The number of hydrogen-bond donors (Lipinski definition) is 0. The highest BCUT2D eigenvalue weighted by Gasteiger charge is 2.48. The van der Waals surface area contributed by atoms with Crippen LogP contribution >= 0.6 is 0 Å². The Labute approximate surface area is 249 Å². The van der Waals surface area contributed by atoms with Gasteiger partial charge in [0, 0.05) is 37.4 Å². The van der Waals surface area contributed by atoms with Crippen LogP contribution in [0, 0.1) is 5.82 Å². The summed E-state index contributed by atoms with van der Waals surface area (Å²) in [7, 11) is 0. The van der Waals surface area contributed by atoms with Gasteiger partial charge in [-0.2, -0.15) is 26.3 Å². The van der Waals surface area contributed by atoms with E-state index in [0.29, 0.717) is 56.6 Å². The number of allylic oxidation sites excluding steroid dienone is 1. The summed E-state index contributed by atoms with van der Waals surface area (Å²) in [6.45, 7) is 2.50. The van der Waals surface area contributed by atoms with E-state index in [2.05, 4.69) is 0 Å². The standard InChI is InChI=1S/C32H30F7NO4/c1-18(21-12-23(31(34,35)36)16-24(13-21)32(37,38)39)44-27-17-40-26(29(27)20-2-4-25(33)5-3-20)14-22(15-28(40)41)19-6-8-30(9-7-19)42-10-11-43-30/h2-6,12-13,15-16,18,26-27,29H,7-11,14,17H2,1H3/t18-,26+,27+,29+/m1/s1. The van der Waals surface area contributed by atoms with Crippen molar-refractivity contribution in [3.63, 3.8) is 0 Å². The number of amides is 1. The molecule has 0 bridgehead atoms. The summed E-state index contributed by atoms with van der Waals surface area (Å²) >= 11 is 0. The van der Waals surface area contributed by atoms with Crippen molar-refractivity contribution in [2.45, 2.75) is 74.9 Å². The fourth-order valence-corrected chi connectivity index (χ4v) is 6.78. The number of halogens is 7. The second-order valence-electron chi connectivity index (χ2n) is 11.7. The highest BCUT2D eigenvalue weighted by Crippen LogP contribution is 2.46. The van der Waals surface area contributed by atoms with Gasteiger partial charge in [-0.15, -0.1) is 0 Å². The average Bonchev–Trinajstić information content (AvgIpc) is 3.57. The molecule has 6 rings (SSSR count). The topological polar surface area (TPSA) is 48.0 Å². The molecule has 2 aromatic rings. The first-order valence-electron chi connectivity index (χ1n) is 14.4. The van der Waals surface area contributed by atoms with Crippen LogP contribution in [0.5, 0.6) is 0 Å². The van der Waals surface area contributed by atoms with Gasteiger partial charge in [0.15, 0.2) is 5.79 Å². The molecule has 0 N–H and O–H groups in total. The maximum atomic E-state index is 13.9. The minimum absolute atomic E-state index is 0.0641. The van der Waals surface area contributed by atoms with Gasteiger partial charge in [-0.25, -0.2) is 4.39 Å². The Morgan fingerprint density at radius 3 is 2.16 bits per heavy atom. The number of carbonyl (C=O) groups excluding carboxylic acids is 1. The van der Waals surface area contributed by atoms with Gasteiger partial charge in [0.1, 0.15) is 5.82 Å². The maximum Gasteiger partial charge on any atom is 0.416 e. The van der Waals surface area contributed by atoms with E-state index in [1.165, 1.54) is 19.1 Å². The molecule has 2 fully saturated rings. The molecular weight excluding hydrogens is 595 g/mol. The Morgan fingerprint density at radius 2 is 1.59 bits per heavy atom. The van der Waals surface area contributed by atoms with Crippen molar-refractivity contribution in [2.24, 2.45) is 0 Å². The van der Waals surface area contributed by atoms with Gasteiger partial charge < -0.3 is 19.1 Å². The smallest absolute Gasteiger partial charge is 0.368 e. The molecule has 4 aliphatic rings. The van der Waals surface area contributed by atoms with Gasteiger partial charge in [-0.1, -0.05) is 18.2 Å². The summed E-state index contributed by atoms with van der Waals surface area (Å²) in [6, 6.07) is 6.63. The Hall–Kier alpha value is -3.22. The van der Waals surface area contributed by atoms with Gasteiger partial charge in [0.2, 0.25) is 5.91 Å². The van der Waals surface area contributed by atoms with E-state index < -0.39 is 59.3 Å². The number of benzene rings is 2. The molecule has 1 amide bonds. The van der Waals surface area contributed by atoms with Crippen molar-refractivity contribution in [1.29, 1.82) is 0 Å². The monoisotopic (exact) mass is 625 g/mol. The number of rotatable bonds is 5. The molecule has 1 spiro atoms. The summed E-state index contributed by atoms with van der Waals surface area (Å²) in [5.74, 6) is -1.90. The van der Waals surface area contributed by atoms with Crippen LogP contribution < -0.4 is 0 Å². The average molecular weight is 626 g/mol. The lowest BCUT2D eigenvalue weighted by molar-refractivity contribution is -0.161. The zero-order valence-corrected chi connectivity index (χ0v) is 23.7. The second kappa shape index (κ2) is 11.3. The largest absolute Gasteiger partial charge is 0.416 e. The molecule has 4 atom stereocenters. The number of ether oxygens (including phenoxy) is 3. The Kier molecular flexibility index (Phi) is 7.90. The van der Waals surface area contributed by atoms with Crippen LogP contribution in [0.1, 0.15) is 66.9 Å². The number of hydrogen-bond acceptors (Lipinski definition) is 4. The molecule has 2 saturated heterocycles. The quantitative estimate of drug-likeness (QED) is 0.323. The van der Waals surface area contributed by atoms with Crippen LogP contribution in [-0.2, 0) is 31.4 Å². The third kappa shape index (κ3) is 6.03. The third-order valence-corrected chi connectivity index (χ3v) is 8.98. The van der Waals surface area contributed by atoms with E-state index in [0.717, 1.165) is 11.1 Å². The normalized spacial score (nSPS) is 26.0. The van der Waals surface area contributed by atoms with Gasteiger partial charge in [0.05, 0.1) is 36.5 Å². The molecular formula is C32H30F7NO4. The van der Waals surface area contributed by atoms with E-state index in [9.17, 15) is 35.5 Å². The van der Waals surface area contributed by atoms with Crippen molar-refractivity contribution in [3.05, 3.63) is 93.8 Å². The van der Waals surface area contributed by atoms with Gasteiger partial charge >= 0.3 is 12.4 Å². The molecule has 1 aliphatic carbocycles. The Bertz CT molecular complexity index is 1440. The minimum Gasteiger partial charge on any atom is -0.368 e. The lowest BCUT2D eigenvalue weighted by Gasteiger charge is -2.36. The number of carbonyl (C=O) groups is 1. The van der Waals surface area contributed by atoms with Gasteiger partial charge in [-0.3, -0.25) is 4.79 Å². The number of nitrogens with zero attached hydrogens (tertiary/aromatic N) is 1. The predicted molar refractivity (Wildman–Crippen MR) is 144 cm³/mol. The van der Waals surface area contributed by atoms with Crippen molar-refractivity contribution >= 4 is 5.91 Å². The highest BCUT2D eigenvalue weighted by atomic mass is 19.4. The van der Waals surface area contributed by atoms with E-state index in [-0.39, 0.29) is 24.1 Å². The first kappa shape index (κ1) is 30.8. The first-order valence-corrected chi connectivity index (χ1v) is 14.4. The maximum absolute atomic E-state index is 13.9. The fourth-order valence-electron chi connectivity index (χ4n) is 6.78. The molecule has 5 nitrogen and oxygen atoms in total. The lowest BCUT2D eigenvalue weighted by atomic mass is 9.81. The van der Waals surface area contributed by atoms with Crippen LogP contribution in [0.25, 0.3) is 0 Å². The minimum atomic E-state index is -5.00. The molecule has 3 aliphatic heterocycles. The van der Waals surface area contributed by atoms with E-state index in [4.69, 9.17) is 14.2 Å². The molecule has 12 heteroatoms. The summed E-state index contributed by atoms with van der Waals surface area (Å²) in [6.07, 6.45) is -6.10. The molecule has 236 valence electrons.